The third-order valence-electron chi connectivity index (χ3n) is 5.47. The number of benzene rings is 2. The van der Waals surface area contributed by atoms with Crippen LogP contribution in [0.15, 0.2) is 36.4 Å². The molecule has 0 bridgehead atoms. The summed E-state index contributed by atoms with van der Waals surface area (Å²) in [5, 5.41) is 13.9. The highest BCUT2D eigenvalue weighted by atomic mass is 16.5. The van der Waals surface area contributed by atoms with Gasteiger partial charge in [-0.1, -0.05) is 18.2 Å². The van der Waals surface area contributed by atoms with Gasteiger partial charge in [0.1, 0.15) is 5.75 Å². The minimum absolute atomic E-state index is 0.193. The fourth-order valence-electron chi connectivity index (χ4n) is 4.13. The SMILES string of the molecule is COc1ccc2c(c1C)CC[C@@H]([C@@]1(O)C(=O)Nc3ccccc31)C2=O. The van der Waals surface area contributed by atoms with E-state index in [0.717, 1.165) is 16.9 Å². The Balaban J connectivity index is 1.80. The van der Waals surface area contributed by atoms with Gasteiger partial charge in [-0.05, 0) is 49.1 Å². The number of nitrogens with one attached hydrogen (secondary N) is 1. The van der Waals surface area contributed by atoms with Gasteiger partial charge in [-0.15, -0.1) is 0 Å². The average molecular weight is 337 g/mol. The van der Waals surface area contributed by atoms with Gasteiger partial charge in [0.2, 0.25) is 0 Å². The Morgan fingerprint density at radius 3 is 2.72 bits per heavy atom. The molecule has 0 unspecified atom stereocenters. The van der Waals surface area contributed by atoms with Crippen LogP contribution in [0.5, 0.6) is 5.75 Å². The highest BCUT2D eigenvalue weighted by Crippen LogP contribution is 2.46. The zero-order valence-corrected chi connectivity index (χ0v) is 14.1. The molecule has 1 amide bonds. The van der Waals surface area contributed by atoms with E-state index in [1.54, 1.807) is 43.5 Å². The largest absolute Gasteiger partial charge is 0.496 e. The van der Waals surface area contributed by atoms with Crippen molar-refractivity contribution in [2.45, 2.75) is 25.4 Å². The molecule has 1 heterocycles. The minimum atomic E-state index is -1.82. The van der Waals surface area contributed by atoms with Gasteiger partial charge in [0.05, 0.1) is 13.0 Å². The number of amides is 1. The van der Waals surface area contributed by atoms with Crippen LogP contribution in [0.1, 0.15) is 33.5 Å². The van der Waals surface area contributed by atoms with E-state index in [9.17, 15) is 14.7 Å². The van der Waals surface area contributed by atoms with E-state index in [1.807, 2.05) is 6.92 Å². The number of ketones is 1. The van der Waals surface area contributed by atoms with Gasteiger partial charge in [-0.2, -0.15) is 0 Å². The van der Waals surface area contributed by atoms with Crippen LogP contribution >= 0.6 is 0 Å². The minimum Gasteiger partial charge on any atom is -0.496 e. The Morgan fingerprint density at radius 1 is 1.20 bits per heavy atom. The lowest BCUT2D eigenvalue weighted by Gasteiger charge is -2.34. The van der Waals surface area contributed by atoms with Crippen molar-refractivity contribution >= 4 is 17.4 Å². The van der Waals surface area contributed by atoms with E-state index >= 15 is 0 Å². The number of methoxy groups -OCH3 is 1. The molecular weight excluding hydrogens is 318 g/mol. The maximum atomic E-state index is 13.1. The van der Waals surface area contributed by atoms with Crippen LogP contribution in [0, 0.1) is 12.8 Å². The van der Waals surface area contributed by atoms with Crippen LogP contribution in [0.3, 0.4) is 0 Å². The lowest BCUT2D eigenvalue weighted by atomic mass is 9.70. The molecule has 0 saturated heterocycles. The summed E-state index contributed by atoms with van der Waals surface area (Å²) in [6, 6.07) is 10.5. The molecule has 1 aliphatic carbocycles. The number of carbonyl (C=O) groups is 2. The number of ether oxygens (including phenoxy) is 1. The van der Waals surface area contributed by atoms with Crippen molar-refractivity contribution in [1.82, 2.24) is 0 Å². The number of rotatable bonds is 2. The average Bonchev–Trinajstić information content (AvgIpc) is 2.88. The molecule has 5 heteroatoms. The molecule has 2 aromatic carbocycles. The van der Waals surface area contributed by atoms with Crippen molar-refractivity contribution in [2.24, 2.45) is 5.92 Å². The molecule has 5 nitrogen and oxygen atoms in total. The van der Waals surface area contributed by atoms with Gasteiger partial charge in [-0.25, -0.2) is 0 Å². The molecule has 0 fully saturated rings. The number of anilines is 1. The molecule has 0 aromatic heterocycles. The van der Waals surface area contributed by atoms with Crippen molar-refractivity contribution in [1.29, 1.82) is 0 Å². The number of Topliss-reactive ketones (excluding diaryl/α,β-unsaturated/α-hetero) is 1. The molecule has 2 N–H and O–H groups in total. The first-order valence-corrected chi connectivity index (χ1v) is 8.32. The summed E-state index contributed by atoms with van der Waals surface area (Å²) in [6.45, 7) is 1.93. The molecule has 4 rings (SSSR count). The van der Waals surface area contributed by atoms with Gasteiger partial charge in [0.25, 0.3) is 5.91 Å². The number of fused-ring (bicyclic) bond motifs is 2. The van der Waals surface area contributed by atoms with Crippen LogP contribution in [0.4, 0.5) is 5.69 Å². The summed E-state index contributed by atoms with van der Waals surface area (Å²) < 4.78 is 5.33. The number of para-hydroxylation sites is 1. The predicted octanol–water partition coefficient (Wildman–Crippen LogP) is 2.59. The number of hydrogen-bond donors (Lipinski definition) is 2. The maximum absolute atomic E-state index is 13.1. The highest BCUT2D eigenvalue weighted by Gasteiger charge is 2.54. The van der Waals surface area contributed by atoms with Crippen molar-refractivity contribution in [2.75, 3.05) is 12.4 Å². The molecule has 0 spiro atoms. The molecule has 1 aliphatic heterocycles. The fourth-order valence-corrected chi connectivity index (χ4v) is 4.13. The quantitative estimate of drug-likeness (QED) is 0.883. The maximum Gasteiger partial charge on any atom is 0.261 e. The molecule has 2 aliphatic rings. The Hall–Kier alpha value is -2.66. The first-order chi connectivity index (χ1) is 12.0. The van der Waals surface area contributed by atoms with Crippen LogP contribution in [0.25, 0.3) is 0 Å². The zero-order chi connectivity index (χ0) is 17.8. The molecule has 2 atom stereocenters. The summed E-state index contributed by atoms with van der Waals surface area (Å²) in [4.78, 5) is 25.7. The molecular formula is C20H19NO4. The second-order valence-electron chi connectivity index (χ2n) is 6.64. The second kappa shape index (κ2) is 5.43. The van der Waals surface area contributed by atoms with Gasteiger partial charge < -0.3 is 15.2 Å². The summed E-state index contributed by atoms with van der Waals surface area (Å²) in [5.41, 5.74) is 1.68. The summed E-state index contributed by atoms with van der Waals surface area (Å²) in [6.07, 6.45) is 1.03. The van der Waals surface area contributed by atoms with Crippen LogP contribution < -0.4 is 10.1 Å². The van der Waals surface area contributed by atoms with E-state index in [2.05, 4.69) is 5.32 Å². The summed E-state index contributed by atoms with van der Waals surface area (Å²) in [7, 11) is 1.60. The van der Waals surface area contributed by atoms with Crippen LogP contribution in [-0.4, -0.2) is 23.9 Å². The topological polar surface area (TPSA) is 75.6 Å². The standard InChI is InChI=1S/C20H19NO4/c1-11-12-7-9-15(18(22)13(12)8-10-17(11)25-2)20(24)14-5-3-4-6-16(14)21-19(20)23/h3-6,8,10,15,24H,7,9H2,1-2H3,(H,21,23)/t15-,20-/m1/s1. The fraction of sp³-hybridized carbons (Fsp3) is 0.300. The Morgan fingerprint density at radius 2 is 1.96 bits per heavy atom. The van der Waals surface area contributed by atoms with E-state index < -0.39 is 17.4 Å². The van der Waals surface area contributed by atoms with Crippen LogP contribution in [0.2, 0.25) is 0 Å². The highest BCUT2D eigenvalue weighted by molar-refractivity contribution is 6.11. The van der Waals surface area contributed by atoms with Crippen molar-refractivity contribution in [3.05, 3.63) is 58.7 Å². The Kier molecular flexibility index (Phi) is 3.44. The second-order valence-corrected chi connectivity index (χ2v) is 6.64. The summed E-state index contributed by atoms with van der Waals surface area (Å²) in [5.74, 6) is -0.772. The monoisotopic (exact) mass is 337 g/mol. The normalized spacial score (nSPS) is 24.5. The summed E-state index contributed by atoms with van der Waals surface area (Å²) >= 11 is 0. The number of aliphatic hydroxyl groups is 1. The first kappa shape index (κ1) is 15.8. The van der Waals surface area contributed by atoms with E-state index in [1.165, 1.54) is 0 Å². The van der Waals surface area contributed by atoms with Gasteiger partial charge in [-0.3, -0.25) is 9.59 Å². The number of carbonyl (C=O) groups excluding carboxylic acids is 2. The van der Waals surface area contributed by atoms with Crippen molar-refractivity contribution in [3.8, 4) is 5.75 Å². The van der Waals surface area contributed by atoms with Gasteiger partial charge >= 0.3 is 0 Å². The lowest BCUT2D eigenvalue weighted by molar-refractivity contribution is -0.138. The number of hydrogen-bond acceptors (Lipinski definition) is 4. The van der Waals surface area contributed by atoms with E-state index in [0.29, 0.717) is 29.7 Å². The molecule has 0 radical (unpaired) electrons. The lowest BCUT2D eigenvalue weighted by Crippen LogP contribution is -2.47. The molecule has 25 heavy (non-hydrogen) atoms. The van der Waals surface area contributed by atoms with E-state index in [4.69, 9.17) is 4.74 Å². The van der Waals surface area contributed by atoms with Crippen molar-refractivity contribution in [3.63, 3.8) is 0 Å². The smallest absolute Gasteiger partial charge is 0.261 e. The zero-order valence-electron chi connectivity index (χ0n) is 14.1. The molecule has 2 aromatic rings. The van der Waals surface area contributed by atoms with E-state index in [-0.39, 0.29) is 5.78 Å². The molecule has 0 saturated carbocycles. The first-order valence-electron chi connectivity index (χ1n) is 8.32. The van der Waals surface area contributed by atoms with Crippen molar-refractivity contribution < 1.29 is 19.4 Å². The third-order valence-corrected chi connectivity index (χ3v) is 5.47. The van der Waals surface area contributed by atoms with Crippen LogP contribution in [-0.2, 0) is 16.8 Å². The van der Waals surface area contributed by atoms with Gasteiger partial charge in [0.15, 0.2) is 11.4 Å². The molecule has 128 valence electrons. The third kappa shape index (κ3) is 2.05. The Bertz CT molecular complexity index is 905. The predicted molar refractivity (Wildman–Crippen MR) is 92.8 cm³/mol. The Labute approximate surface area is 145 Å². The van der Waals surface area contributed by atoms with Gasteiger partial charge in [0, 0.05) is 16.8 Å².